The quantitative estimate of drug-likeness (QED) is 0.472. The van der Waals surface area contributed by atoms with Gasteiger partial charge >= 0.3 is 0 Å². The predicted molar refractivity (Wildman–Crippen MR) is 100 cm³/mol. The van der Waals surface area contributed by atoms with E-state index >= 15 is 0 Å². The highest BCUT2D eigenvalue weighted by atomic mass is 16.7. The van der Waals surface area contributed by atoms with Crippen LogP contribution in [-0.2, 0) is 6.54 Å². The summed E-state index contributed by atoms with van der Waals surface area (Å²) in [5, 5.41) is 16.1. The molecule has 25 heavy (non-hydrogen) atoms. The fraction of sp³-hybridized carbons (Fsp3) is 0.632. The average molecular weight is 349 g/mol. The van der Waals surface area contributed by atoms with E-state index in [-0.39, 0.29) is 18.8 Å². The number of nitrogens with one attached hydrogen (secondary N) is 2. The molecule has 6 heteroatoms. The van der Waals surface area contributed by atoms with Crippen LogP contribution >= 0.6 is 0 Å². The van der Waals surface area contributed by atoms with Gasteiger partial charge in [0, 0.05) is 19.7 Å². The summed E-state index contributed by atoms with van der Waals surface area (Å²) in [7, 11) is 0. The molecule has 0 bridgehead atoms. The molecule has 0 saturated heterocycles. The highest BCUT2D eigenvalue weighted by Gasteiger charge is 2.25. The normalized spacial score (nSPS) is 13.8. The smallest absolute Gasteiger partial charge is 0.231 e. The summed E-state index contributed by atoms with van der Waals surface area (Å²) < 4.78 is 10.8. The van der Waals surface area contributed by atoms with Crippen molar-refractivity contribution in [3.8, 4) is 11.5 Å². The molecule has 0 atom stereocenters. The van der Waals surface area contributed by atoms with Crippen LogP contribution in [-0.4, -0.2) is 37.6 Å². The number of hydrogen-bond acceptors (Lipinski definition) is 4. The lowest BCUT2D eigenvalue weighted by Gasteiger charge is -2.32. The summed E-state index contributed by atoms with van der Waals surface area (Å²) in [6.07, 6.45) is 2.85. The van der Waals surface area contributed by atoms with Gasteiger partial charge in [-0.25, -0.2) is 4.99 Å². The van der Waals surface area contributed by atoms with Crippen LogP contribution < -0.4 is 20.1 Å². The van der Waals surface area contributed by atoms with E-state index < -0.39 is 0 Å². The van der Waals surface area contributed by atoms with E-state index in [4.69, 9.17) is 9.47 Å². The fourth-order valence-electron chi connectivity index (χ4n) is 3.00. The van der Waals surface area contributed by atoms with Crippen molar-refractivity contribution in [3.05, 3.63) is 23.8 Å². The number of aliphatic hydroxyl groups excluding tert-OH is 1. The first-order chi connectivity index (χ1) is 12.2. The molecule has 1 aromatic rings. The summed E-state index contributed by atoms with van der Waals surface area (Å²) in [5.74, 6) is 2.37. The Kier molecular flexibility index (Phi) is 7.37. The van der Waals surface area contributed by atoms with E-state index in [1.807, 2.05) is 18.2 Å². The zero-order valence-electron chi connectivity index (χ0n) is 15.6. The molecule has 0 aliphatic carbocycles. The van der Waals surface area contributed by atoms with Crippen molar-refractivity contribution in [3.63, 3.8) is 0 Å². The van der Waals surface area contributed by atoms with Gasteiger partial charge in [-0.3, -0.25) is 0 Å². The third kappa shape index (κ3) is 5.26. The highest BCUT2D eigenvalue weighted by Crippen LogP contribution is 2.32. The SMILES string of the molecule is CCNC(=NCc1ccc2c(c1)OCO2)NCC(CC)(CC)CCO. The highest BCUT2D eigenvalue weighted by molar-refractivity contribution is 5.79. The van der Waals surface area contributed by atoms with Crippen molar-refractivity contribution >= 4 is 5.96 Å². The van der Waals surface area contributed by atoms with Crippen LogP contribution in [0.3, 0.4) is 0 Å². The number of nitrogens with zero attached hydrogens (tertiary/aromatic N) is 1. The predicted octanol–water partition coefficient (Wildman–Crippen LogP) is 2.66. The Morgan fingerprint density at radius 1 is 1.16 bits per heavy atom. The second kappa shape index (κ2) is 9.51. The lowest BCUT2D eigenvalue weighted by atomic mass is 9.79. The second-order valence-corrected chi connectivity index (χ2v) is 6.42. The van der Waals surface area contributed by atoms with Gasteiger partial charge in [0.15, 0.2) is 17.5 Å². The Hall–Kier alpha value is -1.95. The number of hydrogen-bond donors (Lipinski definition) is 3. The van der Waals surface area contributed by atoms with Crippen molar-refractivity contribution in [2.45, 2.75) is 46.6 Å². The maximum Gasteiger partial charge on any atom is 0.231 e. The van der Waals surface area contributed by atoms with Gasteiger partial charge in [0.1, 0.15) is 0 Å². The molecular formula is C19H31N3O3. The van der Waals surface area contributed by atoms with Crippen LogP contribution in [0.1, 0.15) is 45.6 Å². The zero-order valence-corrected chi connectivity index (χ0v) is 15.6. The number of aliphatic imine (C=N–C) groups is 1. The first kappa shape index (κ1) is 19.4. The molecule has 0 radical (unpaired) electrons. The summed E-state index contributed by atoms with van der Waals surface area (Å²) in [4.78, 5) is 4.68. The van der Waals surface area contributed by atoms with Crippen molar-refractivity contribution in [1.29, 1.82) is 0 Å². The van der Waals surface area contributed by atoms with Crippen molar-refractivity contribution < 1.29 is 14.6 Å². The van der Waals surface area contributed by atoms with E-state index in [2.05, 4.69) is 36.4 Å². The number of fused-ring (bicyclic) bond motifs is 1. The Balaban J connectivity index is 2.00. The van der Waals surface area contributed by atoms with Crippen molar-refractivity contribution in [2.75, 3.05) is 26.5 Å². The monoisotopic (exact) mass is 349 g/mol. The Labute approximate surface area is 150 Å². The molecule has 1 aromatic carbocycles. The molecule has 0 fully saturated rings. The molecule has 1 aliphatic heterocycles. The fourth-order valence-corrected chi connectivity index (χ4v) is 3.00. The third-order valence-corrected chi connectivity index (χ3v) is 4.97. The molecule has 3 N–H and O–H groups in total. The van der Waals surface area contributed by atoms with Crippen LogP contribution in [0.15, 0.2) is 23.2 Å². The number of aliphatic hydroxyl groups is 1. The van der Waals surface area contributed by atoms with Gasteiger partial charge in [0.05, 0.1) is 6.54 Å². The van der Waals surface area contributed by atoms with E-state index in [1.54, 1.807) is 0 Å². The molecular weight excluding hydrogens is 318 g/mol. The molecule has 0 spiro atoms. The summed E-state index contributed by atoms with van der Waals surface area (Å²) >= 11 is 0. The standard InChI is InChI=1S/C19H31N3O3/c1-4-19(5-2,9-10-23)13-22-18(20-6-3)21-12-15-7-8-16-17(11-15)25-14-24-16/h7-8,11,23H,4-6,9-10,12-14H2,1-3H3,(H2,20,21,22). The van der Waals surface area contributed by atoms with E-state index in [1.165, 1.54) is 0 Å². The Morgan fingerprint density at radius 3 is 2.60 bits per heavy atom. The molecule has 1 aliphatic rings. The topological polar surface area (TPSA) is 75.1 Å². The minimum absolute atomic E-state index is 0.101. The third-order valence-electron chi connectivity index (χ3n) is 4.97. The first-order valence-corrected chi connectivity index (χ1v) is 9.18. The molecule has 0 saturated carbocycles. The van der Waals surface area contributed by atoms with Gasteiger partial charge in [-0.1, -0.05) is 19.9 Å². The minimum Gasteiger partial charge on any atom is -0.454 e. The molecule has 0 amide bonds. The van der Waals surface area contributed by atoms with Crippen LogP contribution in [0, 0.1) is 5.41 Å². The summed E-state index contributed by atoms with van der Waals surface area (Å²) in [5.41, 5.74) is 1.18. The van der Waals surface area contributed by atoms with E-state index in [0.29, 0.717) is 6.54 Å². The zero-order chi connectivity index (χ0) is 18.1. The van der Waals surface area contributed by atoms with Gasteiger partial charge in [-0.2, -0.15) is 0 Å². The van der Waals surface area contributed by atoms with E-state index in [9.17, 15) is 5.11 Å². The second-order valence-electron chi connectivity index (χ2n) is 6.42. The molecule has 140 valence electrons. The van der Waals surface area contributed by atoms with Gasteiger partial charge < -0.3 is 25.2 Å². The molecule has 1 heterocycles. The molecule has 0 unspecified atom stereocenters. The Morgan fingerprint density at radius 2 is 1.92 bits per heavy atom. The maximum atomic E-state index is 9.37. The number of guanidine groups is 1. The molecule has 0 aromatic heterocycles. The Bertz CT molecular complexity index is 571. The molecule has 2 rings (SSSR count). The van der Waals surface area contributed by atoms with Crippen LogP contribution in [0.25, 0.3) is 0 Å². The number of rotatable bonds is 9. The van der Waals surface area contributed by atoms with Gasteiger partial charge in [0.25, 0.3) is 0 Å². The van der Waals surface area contributed by atoms with Crippen LogP contribution in [0.5, 0.6) is 11.5 Å². The van der Waals surface area contributed by atoms with Gasteiger partial charge in [-0.05, 0) is 49.3 Å². The summed E-state index contributed by atoms with van der Waals surface area (Å²) in [6.45, 7) is 9.08. The largest absolute Gasteiger partial charge is 0.454 e. The number of ether oxygens (including phenoxy) is 2. The molecule has 6 nitrogen and oxygen atoms in total. The number of benzene rings is 1. The van der Waals surface area contributed by atoms with E-state index in [0.717, 1.165) is 55.4 Å². The lowest BCUT2D eigenvalue weighted by molar-refractivity contribution is 0.169. The average Bonchev–Trinajstić information content (AvgIpc) is 3.10. The van der Waals surface area contributed by atoms with Gasteiger partial charge in [0.2, 0.25) is 6.79 Å². The van der Waals surface area contributed by atoms with Crippen molar-refractivity contribution in [1.82, 2.24) is 10.6 Å². The summed E-state index contributed by atoms with van der Waals surface area (Å²) in [6, 6.07) is 5.91. The van der Waals surface area contributed by atoms with Crippen molar-refractivity contribution in [2.24, 2.45) is 10.4 Å². The van der Waals surface area contributed by atoms with Gasteiger partial charge in [-0.15, -0.1) is 0 Å². The van der Waals surface area contributed by atoms with Crippen LogP contribution in [0.2, 0.25) is 0 Å². The maximum absolute atomic E-state index is 9.37. The minimum atomic E-state index is 0.101. The first-order valence-electron chi connectivity index (χ1n) is 9.18. The lowest BCUT2D eigenvalue weighted by Crippen LogP contribution is -2.43. The van der Waals surface area contributed by atoms with Crippen LogP contribution in [0.4, 0.5) is 0 Å².